The number of hydrogen-bond acceptors (Lipinski definition) is 7. The topological polar surface area (TPSA) is 199 Å². The summed E-state index contributed by atoms with van der Waals surface area (Å²) in [6.45, 7) is 0. The van der Waals surface area contributed by atoms with Gasteiger partial charge in [0.25, 0.3) is 0 Å². The van der Waals surface area contributed by atoms with Crippen LogP contribution >= 0.6 is 0 Å². The molecule has 3 unspecified atom stereocenters. The highest BCUT2D eigenvalue weighted by Crippen LogP contribution is 2.14. The van der Waals surface area contributed by atoms with E-state index in [0.717, 1.165) is 0 Å². The molecule has 0 fully saturated rings. The van der Waals surface area contributed by atoms with Crippen LogP contribution in [-0.4, -0.2) is 62.3 Å². The monoisotopic (exact) mass is 473 g/mol. The third kappa shape index (κ3) is 8.43. The molecule has 0 aliphatic heterocycles. The Kier molecular flexibility index (Phi) is 9.38. The lowest BCUT2D eigenvalue weighted by atomic mass is 10.0. The Balaban J connectivity index is 2.17. The van der Waals surface area contributed by atoms with Gasteiger partial charge >= 0.3 is 11.9 Å². The van der Waals surface area contributed by atoms with Crippen LogP contribution in [0.1, 0.15) is 24.0 Å². The normalized spacial score (nSPS) is 13.3. The van der Waals surface area contributed by atoms with Gasteiger partial charge in [-0.3, -0.25) is 14.4 Å². The summed E-state index contributed by atoms with van der Waals surface area (Å²) in [5.41, 5.74) is 6.86. The molecular weight excluding hydrogens is 446 g/mol. The highest BCUT2D eigenvalue weighted by Gasteiger charge is 2.28. The van der Waals surface area contributed by atoms with E-state index in [1.54, 1.807) is 0 Å². The van der Waals surface area contributed by atoms with Crippen LogP contribution in [0, 0.1) is 0 Å². The Labute approximate surface area is 195 Å². The number of carboxylic acids is 2. The molecule has 182 valence electrons. The summed E-state index contributed by atoms with van der Waals surface area (Å²) in [5, 5.41) is 42.1. The molecule has 34 heavy (non-hydrogen) atoms. The number of aromatic hydroxyl groups is 2. The molecule has 0 heterocycles. The number of carboxylic acid groups (broad SMARTS) is 2. The van der Waals surface area contributed by atoms with E-state index in [2.05, 4.69) is 10.6 Å². The van der Waals surface area contributed by atoms with Crippen LogP contribution in [-0.2, 0) is 32.0 Å². The first-order chi connectivity index (χ1) is 16.0. The summed E-state index contributed by atoms with van der Waals surface area (Å²) in [5.74, 6) is -3.95. The molecule has 11 nitrogen and oxygen atoms in total. The summed E-state index contributed by atoms with van der Waals surface area (Å²) in [4.78, 5) is 47.9. The average Bonchev–Trinajstić information content (AvgIpc) is 2.79. The van der Waals surface area contributed by atoms with Crippen molar-refractivity contribution in [2.75, 3.05) is 0 Å². The third-order valence-corrected chi connectivity index (χ3v) is 5.01. The van der Waals surface area contributed by atoms with Gasteiger partial charge in [-0.05, 0) is 41.8 Å². The molecule has 0 aliphatic rings. The van der Waals surface area contributed by atoms with Crippen LogP contribution in [0.5, 0.6) is 11.5 Å². The minimum absolute atomic E-state index is 0.00400. The van der Waals surface area contributed by atoms with E-state index in [1.807, 2.05) is 0 Å². The van der Waals surface area contributed by atoms with E-state index in [9.17, 15) is 34.5 Å². The molecule has 11 heteroatoms. The van der Waals surface area contributed by atoms with Crippen LogP contribution in [0.15, 0.2) is 48.5 Å². The van der Waals surface area contributed by atoms with E-state index < -0.39 is 41.9 Å². The minimum atomic E-state index is -1.32. The highest BCUT2D eigenvalue weighted by molar-refractivity contribution is 5.92. The lowest BCUT2D eigenvalue weighted by Gasteiger charge is -2.23. The molecule has 0 spiro atoms. The second-order valence-electron chi connectivity index (χ2n) is 7.74. The van der Waals surface area contributed by atoms with Crippen molar-refractivity contribution in [3.05, 3.63) is 59.7 Å². The minimum Gasteiger partial charge on any atom is -0.508 e. The van der Waals surface area contributed by atoms with E-state index in [-0.39, 0.29) is 37.2 Å². The molecule has 0 radical (unpaired) electrons. The number of benzene rings is 2. The Bertz CT molecular complexity index is 1010. The number of hydrogen-bond donors (Lipinski definition) is 7. The quantitative estimate of drug-likeness (QED) is 0.224. The first-order valence-electron chi connectivity index (χ1n) is 10.4. The first kappa shape index (κ1) is 26.1. The number of carbonyl (C=O) groups excluding carboxylic acids is 2. The Morgan fingerprint density at radius 2 is 1.18 bits per heavy atom. The highest BCUT2D eigenvalue weighted by atomic mass is 16.4. The fourth-order valence-corrected chi connectivity index (χ4v) is 3.11. The van der Waals surface area contributed by atoms with Gasteiger partial charge in [0.05, 0.1) is 6.04 Å². The first-order valence-corrected chi connectivity index (χ1v) is 10.4. The number of nitrogens with two attached hydrogens (primary N) is 1. The van der Waals surface area contributed by atoms with E-state index in [0.29, 0.717) is 11.1 Å². The van der Waals surface area contributed by atoms with Crippen LogP contribution in [0.4, 0.5) is 0 Å². The molecule has 2 rings (SSSR count). The van der Waals surface area contributed by atoms with E-state index >= 15 is 0 Å². The van der Waals surface area contributed by atoms with Crippen molar-refractivity contribution in [1.82, 2.24) is 10.6 Å². The summed E-state index contributed by atoms with van der Waals surface area (Å²) in [6.07, 6.45) is -0.584. The van der Waals surface area contributed by atoms with Gasteiger partial charge in [0.2, 0.25) is 11.8 Å². The van der Waals surface area contributed by atoms with Crippen molar-refractivity contribution in [1.29, 1.82) is 0 Å². The van der Waals surface area contributed by atoms with Gasteiger partial charge in [0, 0.05) is 19.3 Å². The maximum atomic E-state index is 13.0. The molecule has 8 N–H and O–H groups in total. The third-order valence-electron chi connectivity index (χ3n) is 5.01. The van der Waals surface area contributed by atoms with Crippen molar-refractivity contribution in [2.24, 2.45) is 5.73 Å². The van der Waals surface area contributed by atoms with Gasteiger partial charge in [-0.2, -0.15) is 0 Å². The largest absolute Gasteiger partial charge is 0.508 e. The zero-order chi connectivity index (χ0) is 25.3. The van der Waals surface area contributed by atoms with Crippen LogP contribution in [0.25, 0.3) is 0 Å². The Morgan fingerprint density at radius 1 is 0.735 bits per heavy atom. The molecule has 0 aromatic heterocycles. The second kappa shape index (κ2) is 12.2. The molecular formula is C23H27N3O8. The Hall–Kier alpha value is -4.12. The molecule has 0 saturated heterocycles. The van der Waals surface area contributed by atoms with E-state index in [4.69, 9.17) is 10.8 Å². The van der Waals surface area contributed by atoms with Crippen LogP contribution in [0.2, 0.25) is 0 Å². The van der Waals surface area contributed by atoms with Crippen molar-refractivity contribution >= 4 is 23.8 Å². The summed E-state index contributed by atoms with van der Waals surface area (Å²) < 4.78 is 0. The smallest absolute Gasteiger partial charge is 0.326 e. The maximum absolute atomic E-state index is 13.0. The predicted molar refractivity (Wildman–Crippen MR) is 120 cm³/mol. The fraction of sp³-hybridized carbons (Fsp3) is 0.304. The number of nitrogens with one attached hydrogen (secondary N) is 2. The van der Waals surface area contributed by atoms with Crippen molar-refractivity contribution in [3.63, 3.8) is 0 Å². The number of rotatable bonds is 12. The van der Waals surface area contributed by atoms with Crippen molar-refractivity contribution in [2.45, 2.75) is 43.8 Å². The summed E-state index contributed by atoms with van der Waals surface area (Å²) >= 11 is 0. The van der Waals surface area contributed by atoms with Crippen LogP contribution < -0.4 is 16.4 Å². The lowest BCUT2D eigenvalue weighted by Crippen LogP contribution is -2.55. The van der Waals surface area contributed by atoms with Crippen LogP contribution in [0.3, 0.4) is 0 Å². The fourth-order valence-electron chi connectivity index (χ4n) is 3.11. The van der Waals surface area contributed by atoms with Crippen molar-refractivity contribution < 1.29 is 39.6 Å². The molecule has 0 bridgehead atoms. The second-order valence-corrected chi connectivity index (χ2v) is 7.74. The predicted octanol–water partition coefficient (Wildman–Crippen LogP) is 0.129. The summed E-state index contributed by atoms with van der Waals surface area (Å²) in [7, 11) is 0. The molecule has 3 atom stereocenters. The zero-order valence-corrected chi connectivity index (χ0v) is 18.2. The molecule has 2 amide bonds. The standard InChI is InChI=1S/C23H27N3O8/c24-17(9-10-20(29)30)21(31)25-18(11-13-1-5-15(27)6-2-13)22(32)26-19(23(33)34)12-14-3-7-16(28)8-4-14/h1-8,17-19,27-28H,9-12,24H2,(H,25,31)(H,26,32)(H,29,30)(H,33,34). The lowest BCUT2D eigenvalue weighted by molar-refractivity contribution is -0.142. The van der Waals surface area contributed by atoms with Gasteiger partial charge in [-0.15, -0.1) is 0 Å². The van der Waals surface area contributed by atoms with E-state index in [1.165, 1.54) is 48.5 Å². The average molecular weight is 473 g/mol. The van der Waals surface area contributed by atoms with Gasteiger partial charge in [-0.25, -0.2) is 4.79 Å². The Morgan fingerprint density at radius 3 is 1.62 bits per heavy atom. The number of aliphatic carboxylic acids is 2. The van der Waals surface area contributed by atoms with Gasteiger partial charge in [0.1, 0.15) is 23.6 Å². The summed E-state index contributed by atoms with van der Waals surface area (Å²) in [6, 6.07) is 7.98. The van der Waals surface area contributed by atoms with Gasteiger partial charge in [0.15, 0.2) is 0 Å². The maximum Gasteiger partial charge on any atom is 0.326 e. The number of amides is 2. The molecule has 2 aromatic rings. The van der Waals surface area contributed by atoms with Gasteiger partial charge < -0.3 is 36.8 Å². The number of phenols is 2. The zero-order valence-electron chi connectivity index (χ0n) is 18.2. The number of carbonyl (C=O) groups is 4. The van der Waals surface area contributed by atoms with Gasteiger partial charge in [-0.1, -0.05) is 24.3 Å². The molecule has 0 saturated carbocycles. The SMILES string of the molecule is NC(CCC(=O)O)C(=O)NC(Cc1ccc(O)cc1)C(=O)NC(Cc1ccc(O)cc1)C(=O)O. The molecule has 2 aromatic carbocycles. The van der Waals surface area contributed by atoms with Crippen molar-refractivity contribution in [3.8, 4) is 11.5 Å². The molecule has 0 aliphatic carbocycles. The number of phenolic OH excluding ortho intramolecular Hbond substituents is 2.